The van der Waals surface area contributed by atoms with E-state index in [-0.39, 0.29) is 11.7 Å². The number of hydrogen-bond donors (Lipinski definition) is 2. The summed E-state index contributed by atoms with van der Waals surface area (Å²) in [6, 6.07) is 18.2. The van der Waals surface area contributed by atoms with Gasteiger partial charge in [-0.25, -0.2) is 0 Å². The van der Waals surface area contributed by atoms with Gasteiger partial charge in [-0.05, 0) is 93.7 Å². The Hall–Kier alpha value is -1.46. The fourth-order valence-corrected chi connectivity index (χ4v) is 4.61. The Kier molecular flexibility index (Phi) is 6.88. The van der Waals surface area contributed by atoms with Crippen LogP contribution in [0.15, 0.2) is 70.1 Å². The van der Waals surface area contributed by atoms with Crippen LogP contribution in [0.1, 0.15) is 15.9 Å². The summed E-state index contributed by atoms with van der Waals surface area (Å²) in [7, 11) is 0. The molecule has 0 radical (unpaired) electrons. The summed E-state index contributed by atoms with van der Waals surface area (Å²) in [5.74, 6) is 0.0149. The van der Waals surface area contributed by atoms with Gasteiger partial charge in [0, 0.05) is 31.1 Å². The fourth-order valence-electron chi connectivity index (χ4n) is 2.33. The van der Waals surface area contributed by atoms with E-state index >= 15 is 0 Å². The van der Waals surface area contributed by atoms with Gasteiger partial charge < -0.3 is 10.4 Å². The van der Waals surface area contributed by atoms with Gasteiger partial charge in [0.25, 0.3) is 5.91 Å². The molecule has 0 aliphatic carbocycles. The average molecular weight is 647 g/mol. The summed E-state index contributed by atoms with van der Waals surface area (Å²) in [5, 5.41) is 13.0. The molecule has 0 atom stereocenters. The lowest BCUT2D eigenvalue weighted by molar-refractivity contribution is 0.102. The number of carbonyl (C=O) groups excluding carboxylic acids is 1. The normalized spacial score (nSPS) is 10.9. The van der Waals surface area contributed by atoms with Crippen LogP contribution in [-0.4, -0.2) is 17.2 Å². The Bertz CT molecular complexity index is 1040. The minimum Gasteiger partial charge on any atom is -0.506 e. The number of nitrogens with one attached hydrogen (secondary N) is 1. The van der Waals surface area contributed by atoms with E-state index in [0.29, 0.717) is 22.5 Å². The summed E-state index contributed by atoms with van der Waals surface area (Å²) in [6.07, 6.45) is 1.62. The van der Waals surface area contributed by atoms with E-state index in [1.807, 2.05) is 36.4 Å². The molecule has 2 N–H and O–H groups in total. The Labute approximate surface area is 192 Å². The summed E-state index contributed by atoms with van der Waals surface area (Å²) in [4.78, 5) is 16.8. The van der Waals surface area contributed by atoms with E-state index in [2.05, 4.69) is 71.4 Å². The van der Waals surface area contributed by atoms with Crippen LogP contribution in [0.2, 0.25) is 0 Å². The summed E-state index contributed by atoms with van der Waals surface area (Å²) >= 11 is 7.65. The number of aromatic hydroxyl groups is 1. The summed E-state index contributed by atoms with van der Waals surface area (Å²) < 4.78 is 2.64. The minimum absolute atomic E-state index is 0.192. The largest absolute Gasteiger partial charge is 0.506 e. The predicted octanol–water partition coefficient (Wildman–Crippen LogP) is 6.37. The van der Waals surface area contributed by atoms with Crippen molar-refractivity contribution in [2.24, 2.45) is 4.99 Å². The topological polar surface area (TPSA) is 61.7 Å². The van der Waals surface area contributed by atoms with Crippen LogP contribution in [0.25, 0.3) is 0 Å². The summed E-state index contributed by atoms with van der Waals surface area (Å²) in [6.45, 7) is 0. The van der Waals surface area contributed by atoms with E-state index in [0.717, 1.165) is 11.6 Å². The molecule has 1 amide bonds. The number of nitrogens with zero attached hydrogens (tertiary/aromatic N) is 1. The van der Waals surface area contributed by atoms with Crippen molar-refractivity contribution in [1.29, 1.82) is 0 Å². The van der Waals surface area contributed by atoms with Gasteiger partial charge in [-0.1, -0.05) is 28.1 Å². The highest BCUT2D eigenvalue weighted by molar-refractivity contribution is 14.1. The third-order valence-electron chi connectivity index (χ3n) is 3.60. The van der Waals surface area contributed by atoms with E-state index in [1.165, 1.54) is 0 Å². The first kappa shape index (κ1) is 20.3. The zero-order valence-corrected chi connectivity index (χ0v) is 19.7. The monoisotopic (exact) mass is 646 g/mol. The van der Waals surface area contributed by atoms with Gasteiger partial charge in [-0.3, -0.25) is 9.79 Å². The zero-order chi connectivity index (χ0) is 19.4. The molecule has 0 saturated heterocycles. The lowest BCUT2D eigenvalue weighted by Gasteiger charge is -2.06. The second kappa shape index (κ2) is 9.16. The maximum absolute atomic E-state index is 12.4. The standard InChI is InChI=1S/C20H13BrI2N2O2/c21-14-4-1-3-12(7-14)20(27)25-17-6-2-5-16(10-17)24-11-13-8-15(22)9-18(23)19(13)26/h1-11,26H,(H,25,27). The number of anilines is 1. The Morgan fingerprint density at radius 1 is 1.07 bits per heavy atom. The molecule has 0 bridgehead atoms. The highest BCUT2D eigenvalue weighted by Gasteiger charge is 2.07. The molecule has 7 heteroatoms. The fraction of sp³-hybridized carbons (Fsp3) is 0. The van der Waals surface area contributed by atoms with Crippen LogP contribution < -0.4 is 5.32 Å². The van der Waals surface area contributed by atoms with Gasteiger partial charge in [0.05, 0.1) is 9.26 Å². The lowest BCUT2D eigenvalue weighted by atomic mass is 10.2. The Morgan fingerprint density at radius 2 is 1.85 bits per heavy atom. The number of hydrogen-bond acceptors (Lipinski definition) is 3. The molecule has 27 heavy (non-hydrogen) atoms. The summed E-state index contributed by atoms with van der Waals surface area (Å²) in [5.41, 5.74) is 2.54. The van der Waals surface area contributed by atoms with E-state index in [9.17, 15) is 9.90 Å². The van der Waals surface area contributed by atoms with Gasteiger partial charge in [-0.2, -0.15) is 0 Å². The Morgan fingerprint density at radius 3 is 2.63 bits per heavy atom. The molecule has 0 unspecified atom stereocenters. The van der Waals surface area contributed by atoms with Crippen LogP contribution >= 0.6 is 61.1 Å². The van der Waals surface area contributed by atoms with Gasteiger partial charge >= 0.3 is 0 Å². The lowest BCUT2D eigenvalue weighted by Crippen LogP contribution is -2.11. The van der Waals surface area contributed by atoms with Crippen molar-refractivity contribution in [1.82, 2.24) is 0 Å². The van der Waals surface area contributed by atoms with Crippen molar-refractivity contribution in [2.75, 3.05) is 5.32 Å². The Balaban J connectivity index is 1.79. The molecule has 0 aliphatic heterocycles. The van der Waals surface area contributed by atoms with E-state index in [4.69, 9.17) is 0 Å². The van der Waals surface area contributed by atoms with Crippen LogP contribution in [0.3, 0.4) is 0 Å². The molecule has 3 aromatic carbocycles. The molecule has 0 saturated carbocycles. The average Bonchev–Trinajstić information content (AvgIpc) is 2.64. The molecule has 0 aliphatic rings. The number of rotatable bonds is 4. The molecule has 0 fully saturated rings. The van der Waals surface area contributed by atoms with Crippen molar-refractivity contribution >= 4 is 84.6 Å². The number of amides is 1. The van der Waals surface area contributed by atoms with Crippen LogP contribution in [0, 0.1) is 7.14 Å². The van der Waals surface area contributed by atoms with Gasteiger partial charge in [0.15, 0.2) is 0 Å². The molecule has 0 heterocycles. The van der Waals surface area contributed by atoms with E-state index < -0.39 is 0 Å². The van der Waals surface area contributed by atoms with Crippen molar-refractivity contribution in [3.63, 3.8) is 0 Å². The quantitative estimate of drug-likeness (QED) is 0.256. The number of carbonyl (C=O) groups is 1. The molecule has 3 rings (SSSR count). The second-order valence-corrected chi connectivity index (χ2v) is 8.92. The number of benzene rings is 3. The zero-order valence-electron chi connectivity index (χ0n) is 13.8. The van der Waals surface area contributed by atoms with Gasteiger partial charge in [0.2, 0.25) is 0 Å². The molecule has 136 valence electrons. The SMILES string of the molecule is O=C(Nc1cccc(N=Cc2cc(I)cc(I)c2O)c1)c1cccc(Br)c1. The third kappa shape index (κ3) is 5.52. The highest BCUT2D eigenvalue weighted by atomic mass is 127. The van der Waals surface area contributed by atoms with Crippen LogP contribution in [0.5, 0.6) is 5.75 Å². The van der Waals surface area contributed by atoms with Crippen molar-refractivity contribution in [3.8, 4) is 5.75 Å². The first-order valence-electron chi connectivity index (χ1n) is 7.81. The molecule has 0 spiro atoms. The number of halogens is 3. The van der Waals surface area contributed by atoms with Crippen molar-refractivity contribution in [2.45, 2.75) is 0 Å². The minimum atomic E-state index is -0.192. The first-order chi connectivity index (χ1) is 12.9. The molecule has 0 aromatic heterocycles. The van der Waals surface area contributed by atoms with Crippen LogP contribution in [0.4, 0.5) is 11.4 Å². The number of phenols is 1. The van der Waals surface area contributed by atoms with Crippen LogP contribution in [-0.2, 0) is 0 Å². The maximum Gasteiger partial charge on any atom is 0.255 e. The predicted molar refractivity (Wildman–Crippen MR) is 129 cm³/mol. The molecular weight excluding hydrogens is 634 g/mol. The smallest absolute Gasteiger partial charge is 0.255 e. The molecular formula is C20H13BrI2N2O2. The maximum atomic E-state index is 12.4. The van der Waals surface area contributed by atoms with Gasteiger partial charge in [0.1, 0.15) is 5.75 Å². The van der Waals surface area contributed by atoms with Crippen molar-refractivity contribution in [3.05, 3.63) is 83.4 Å². The first-order valence-corrected chi connectivity index (χ1v) is 10.8. The highest BCUT2D eigenvalue weighted by Crippen LogP contribution is 2.27. The molecule has 4 nitrogen and oxygen atoms in total. The van der Waals surface area contributed by atoms with Gasteiger partial charge in [-0.15, -0.1) is 0 Å². The number of aliphatic imine (C=N–C) groups is 1. The van der Waals surface area contributed by atoms with Crippen molar-refractivity contribution < 1.29 is 9.90 Å². The third-order valence-corrected chi connectivity index (χ3v) is 5.54. The second-order valence-electron chi connectivity index (χ2n) is 5.60. The van der Waals surface area contributed by atoms with E-state index in [1.54, 1.807) is 30.5 Å². The number of phenolic OH excluding ortho intramolecular Hbond substituents is 1. The molecule has 3 aromatic rings.